The Morgan fingerprint density at radius 3 is 2.35 bits per heavy atom. The molecule has 0 aromatic heterocycles. The summed E-state index contributed by atoms with van der Waals surface area (Å²) in [5, 5.41) is 10.9. The zero-order chi connectivity index (χ0) is 22.7. The Labute approximate surface area is 189 Å². The van der Waals surface area contributed by atoms with Crippen LogP contribution in [0.2, 0.25) is 0 Å². The summed E-state index contributed by atoms with van der Waals surface area (Å²) >= 11 is 0. The van der Waals surface area contributed by atoms with E-state index in [4.69, 9.17) is 9.47 Å². The molecule has 1 aromatic rings. The number of rotatable bonds is 5. The zero-order valence-corrected chi connectivity index (χ0v) is 20.3. The summed E-state index contributed by atoms with van der Waals surface area (Å²) in [7, 11) is 0. The second-order valence-corrected chi connectivity index (χ2v) is 11.4. The standard InChI is InChI=1S/C27H41NO3/c1-25(2,3)30-16-8-10-21-9-7-11-23(17-21)28-14-12-22(13-15-28)18-27(29)19-24(20-27)31-26(4,5)6/h7,9,11,17,22,24,29H,12-16,18-20H2,1-6H3. The molecule has 0 radical (unpaired) electrons. The number of hydrogen-bond donors (Lipinski definition) is 1. The number of nitrogens with zero attached hydrogens (tertiary/aromatic N) is 1. The van der Waals surface area contributed by atoms with Gasteiger partial charge in [0.15, 0.2) is 0 Å². The maximum absolute atomic E-state index is 10.9. The second kappa shape index (κ2) is 9.53. The molecule has 1 saturated heterocycles. The molecule has 0 bridgehead atoms. The summed E-state index contributed by atoms with van der Waals surface area (Å²) in [5.41, 5.74) is 1.46. The average molecular weight is 428 g/mol. The van der Waals surface area contributed by atoms with E-state index in [2.05, 4.69) is 61.8 Å². The first-order valence-electron chi connectivity index (χ1n) is 11.8. The first kappa shape index (κ1) is 24.1. The summed E-state index contributed by atoms with van der Waals surface area (Å²) in [5.74, 6) is 6.94. The Hall–Kier alpha value is -1.54. The lowest BCUT2D eigenvalue weighted by atomic mass is 9.70. The smallest absolute Gasteiger partial charge is 0.108 e. The number of aliphatic hydroxyl groups is 1. The summed E-state index contributed by atoms with van der Waals surface area (Å²) in [4.78, 5) is 2.45. The van der Waals surface area contributed by atoms with Crippen LogP contribution in [-0.4, -0.2) is 47.7 Å². The van der Waals surface area contributed by atoms with Gasteiger partial charge in [0.2, 0.25) is 0 Å². The van der Waals surface area contributed by atoms with E-state index in [1.807, 2.05) is 20.8 Å². The Kier molecular flexibility index (Phi) is 7.41. The van der Waals surface area contributed by atoms with Crippen LogP contribution in [0.5, 0.6) is 0 Å². The van der Waals surface area contributed by atoms with Gasteiger partial charge in [0.25, 0.3) is 0 Å². The van der Waals surface area contributed by atoms with Gasteiger partial charge in [0.1, 0.15) is 6.61 Å². The molecule has 31 heavy (non-hydrogen) atoms. The Morgan fingerprint density at radius 1 is 1.06 bits per heavy atom. The van der Waals surface area contributed by atoms with Crippen molar-refractivity contribution in [2.45, 2.75) is 96.6 Å². The van der Waals surface area contributed by atoms with E-state index in [1.54, 1.807) is 0 Å². The van der Waals surface area contributed by atoms with Crippen LogP contribution >= 0.6 is 0 Å². The summed E-state index contributed by atoms with van der Waals surface area (Å²) in [6.07, 6.45) is 4.94. The van der Waals surface area contributed by atoms with Gasteiger partial charge < -0.3 is 19.5 Å². The van der Waals surface area contributed by atoms with Gasteiger partial charge in [-0.1, -0.05) is 17.9 Å². The van der Waals surface area contributed by atoms with Crippen LogP contribution in [0.3, 0.4) is 0 Å². The molecule has 2 fully saturated rings. The van der Waals surface area contributed by atoms with Crippen LogP contribution in [0.1, 0.15) is 79.2 Å². The molecule has 1 aromatic carbocycles. The molecule has 3 rings (SSSR count). The monoisotopic (exact) mass is 427 g/mol. The minimum Gasteiger partial charge on any atom is -0.390 e. The van der Waals surface area contributed by atoms with Gasteiger partial charge >= 0.3 is 0 Å². The lowest BCUT2D eigenvalue weighted by molar-refractivity contribution is -0.185. The second-order valence-electron chi connectivity index (χ2n) is 11.4. The zero-order valence-electron chi connectivity index (χ0n) is 20.3. The molecule has 4 nitrogen and oxygen atoms in total. The lowest BCUT2D eigenvalue weighted by Crippen LogP contribution is -2.52. The third-order valence-corrected chi connectivity index (χ3v) is 6.04. The normalized spacial score (nSPS) is 25.0. The summed E-state index contributed by atoms with van der Waals surface area (Å²) in [6.45, 7) is 14.9. The molecular formula is C27H41NO3. The minimum atomic E-state index is -0.520. The third-order valence-electron chi connectivity index (χ3n) is 6.04. The quantitative estimate of drug-likeness (QED) is 0.659. The molecule has 0 spiro atoms. The van der Waals surface area contributed by atoms with Crippen LogP contribution < -0.4 is 4.90 Å². The number of benzene rings is 1. The van der Waals surface area contributed by atoms with Crippen molar-refractivity contribution in [3.8, 4) is 11.8 Å². The van der Waals surface area contributed by atoms with Crippen LogP contribution in [0.15, 0.2) is 24.3 Å². The van der Waals surface area contributed by atoms with E-state index in [1.165, 1.54) is 5.69 Å². The van der Waals surface area contributed by atoms with Gasteiger partial charge in [-0.3, -0.25) is 0 Å². The highest BCUT2D eigenvalue weighted by atomic mass is 16.5. The largest absolute Gasteiger partial charge is 0.390 e. The molecular weight excluding hydrogens is 386 g/mol. The predicted molar refractivity (Wildman–Crippen MR) is 127 cm³/mol. The van der Waals surface area contributed by atoms with Crippen molar-refractivity contribution >= 4 is 5.69 Å². The fourth-order valence-corrected chi connectivity index (χ4v) is 4.64. The van der Waals surface area contributed by atoms with Crippen molar-refractivity contribution < 1.29 is 14.6 Å². The number of anilines is 1. The maximum Gasteiger partial charge on any atom is 0.108 e. The van der Waals surface area contributed by atoms with Crippen molar-refractivity contribution in [2.24, 2.45) is 5.92 Å². The van der Waals surface area contributed by atoms with Crippen molar-refractivity contribution in [3.05, 3.63) is 29.8 Å². The SMILES string of the molecule is CC(C)(C)OCC#Cc1cccc(N2CCC(CC3(O)CC(OC(C)(C)C)C3)CC2)c1. The van der Waals surface area contributed by atoms with Gasteiger partial charge in [-0.15, -0.1) is 0 Å². The molecule has 0 unspecified atom stereocenters. The molecule has 4 heteroatoms. The van der Waals surface area contributed by atoms with E-state index in [0.717, 1.165) is 50.8 Å². The van der Waals surface area contributed by atoms with E-state index in [-0.39, 0.29) is 17.3 Å². The van der Waals surface area contributed by atoms with Crippen LogP contribution in [-0.2, 0) is 9.47 Å². The Morgan fingerprint density at radius 2 is 1.74 bits per heavy atom. The van der Waals surface area contributed by atoms with Crippen molar-refractivity contribution in [2.75, 3.05) is 24.6 Å². The van der Waals surface area contributed by atoms with Crippen molar-refractivity contribution in [3.63, 3.8) is 0 Å². The van der Waals surface area contributed by atoms with E-state index < -0.39 is 5.60 Å². The van der Waals surface area contributed by atoms with E-state index >= 15 is 0 Å². The topological polar surface area (TPSA) is 41.9 Å². The van der Waals surface area contributed by atoms with Crippen LogP contribution in [0.4, 0.5) is 5.69 Å². The number of hydrogen-bond acceptors (Lipinski definition) is 4. The Bertz CT molecular complexity index is 779. The van der Waals surface area contributed by atoms with Crippen molar-refractivity contribution in [1.29, 1.82) is 0 Å². The highest BCUT2D eigenvalue weighted by Crippen LogP contribution is 2.43. The van der Waals surface area contributed by atoms with E-state index in [0.29, 0.717) is 12.5 Å². The number of piperidine rings is 1. The minimum absolute atomic E-state index is 0.129. The summed E-state index contributed by atoms with van der Waals surface area (Å²) in [6, 6.07) is 8.49. The van der Waals surface area contributed by atoms with Gasteiger partial charge in [-0.2, -0.15) is 0 Å². The third kappa shape index (κ3) is 7.83. The van der Waals surface area contributed by atoms with Gasteiger partial charge in [0, 0.05) is 37.2 Å². The van der Waals surface area contributed by atoms with Gasteiger partial charge in [-0.25, -0.2) is 0 Å². The fraction of sp³-hybridized carbons (Fsp3) is 0.704. The van der Waals surface area contributed by atoms with E-state index in [9.17, 15) is 5.11 Å². The summed E-state index contributed by atoms with van der Waals surface area (Å²) < 4.78 is 11.7. The molecule has 1 aliphatic heterocycles. The molecule has 1 N–H and O–H groups in total. The lowest BCUT2D eigenvalue weighted by Gasteiger charge is -2.48. The van der Waals surface area contributed by atoms with Gasteiger partial charge in [0.05, 0.1) is 22.9 Å². The first-order chi connectivity index (χ1) is 14.4. The Balaban J connectivity index is 1.45. The average Bonchev–Trinajstić information content (AvgIpc) is 2.63. The highest BCUT2D eigenvalue weighted by molar-refractivity contribution is 5.52. The fourth-order valence-electron chi connectivity index (χ4n) is 4.64. The molecule has 1 saturated carbocycles. The molecule has 2 aliphatic rings. The van der Waals surface area contributed by atoms with Crippen molar-refractivity contribution in [1.82, 2.24) is 0 Å². The molecule has 172 valence electrons. The van der Waals surface area contributed by atoms with Gasteiger partial charge in [-0.05, 0) is 84.9 Å². The maximum atomic E-state index is 10.9. The molecule has 0 atom stereocenters. The first-order valence-corrected chi connectivity index (χ1v) is 11.8. The molecule has 1 aliphatic carbocycles. The molecule has 1 heterocycles. The highest BCUT2D eigenvalue weighted by Gasteiger charge is 2.46. The molecule has 0 amide bonds. The van der Waals surface area contributed by atoms with Crippen LogP contribution in [0, 0.1) is 17.8 Å². The number of ether oxygens (including phenoxy) is 2. The predicted octanol–water partition coefficient (Wildman–Crippen LogP) is 5.17. The van der Waals surface area contributed by atoms with Crippen LogP contribution in [0.25, 0.3) is 0 Å².